The van der Waals surface area contributed by atoms with Crippen LogP contribution >= 0.6 is 0 Å². The number of nitrogens with one attached hydrogen (secondary N) is 1. The maximum Gasteiger partial charge on any atom is 0.322 e. The highest BCUT2D eigenvalue weighted by atomic mass is 32.2. The van der Waals surface area contributed by atoms with E-state index in [9.17, 15) is 13.2 Å². The van der Waals surface area contributed by atoms with Gasteiger partial charge in [0.1, 0.15) is 17.5 Å². The fourth-order valence-electron chi connectivity index (χ4n) is 1.78. The van der Waals surface area contributed by atoms with Gasteiger partial charge in [-0.3, -0.25) is 4.79 Å². The van der Waals surface area contributed by atoms with Gasteiger partial charge in [-0.2, -0.15) is 4.72 Å². The summed E-state index contributed by atoms with van der Waals surface area (Å²) in [4.78, 5) is 10.9. The van der Waals surface area contributed by atoms with E-state index in [1.807, 2.05) is 0 Å². The first-order valence-corrected chi connectivity index (χ1v) is 7.69. The van der Waals surface area contributed by atoms with E-state index in [0.29, 0.717) is 0 Å². The summed E-state index contributed by atoms with van der Waals surface area (Å²) in [6.45, 7) is 3.22. The third kappa shape index (κ3) is 3.85. The molecular formula is C13H19NO6S. The number of hydrogen-bond donors (Lipinski definition) is 2. The first-order valence-electron chi connectivity index (χ1n) is 6.20. The average Bonchev–Trinajstić information content (AvgIpc) is 2.43. The molecule has 118 valence electrons. The minimum atomic E-state index is -4.12. The second kappa shape index (κ2) is 6.77. The van der Waals surface area contributed by atoms with Gasteiger partial charge in [-0.15, -0.1) is 0 Å². The van der Waals surface area contributed by atoms with Crippen molar-refractivity contribution in [3.05, 3.63) is 18.2 Å². The molecule has 0 radical (unpaired) electrons. The van der Waals surface area contributed by atoms with Crippen molar-refractivity contribution in [2.75, 3.05) is 14.2 Å². The molecule has 0 bridgehead atoms. The van der Waals surface area contributed by atoms with Crippen LogP contribution < -0.4 is 14.2 Å². The third-order valence-corrected chi connectivity index (χ3v) is 4.37. The number of rotatable bonds is 7. The van der Waals surface area contributed by atoms with Crippen LogP contribution in [0.2, 0.25) is 0 Å². The Bertz CT molecular complexity index is 589. The van der Waals surface area contributed by atoms with Crippen LogP contribution in [-0.4, -0.2) is 39.8 Å². The zero-order chi connectivity index (χ0) is 16.2. The molecule has 0 spiro atoms. The molecule has 7 nitrogen and oxygen atoms in total. The lowest BCUT2D eigenvalue weighted by molar-refractivity contribution is -0.140. The van der Waals surface area contributed by atoms with Gasteiger partial charge in [0.15, 0.2) is 4.90 Å². The number of hydrogen-bond acceptors (Lipinski definition) is 5. The van der Waals surface area contributed by atoms with Gasteiger partial charge in [0.2, 0.25) is 10.0 Å². The molecule has 1 aromatic carbocycles. The molecule has 0 aliphatic rings. The quantitative estimate of drug-likeness (QED) is 0.780. The molecule has 0 saturated heterocycles. The fraction of sp³-hybridized carbons (Fsp3) is 0.462. The molecule has 0 heterocycles. The SMILES string of the molecule is COc1cccc(OC)c1S(=O)(=O)N[C@H](C(=O)O)C(C)C. The maximum absolute atomic E-state index is 12.5. The van der Waals surface area contributed by atoms with Crippen molar-refractivity contribution < 1.29 is 27.8 Å². The zero-order valence-corrected chi connectivity index (χ0v) is 13.1. The largest absolute Gasteiger partial charge is 0.495 e. The molecule has 0 aliphatic carbocycles. The van der Waals surface area contributed by atoms with Gasteiger partial charge in [-0.05, 0) is 18.1 Å². The van der Waals surface area contributed by atoms with Crippen LogP contribution in [0.15, 0.2) is 23.1 Å². The molecule has 21 heavy (non-hydrogen) atoms. The number of benzene rings is 1. The van der Waals surface area contributed by atoms with E-state index in [-0.39, 0.29) is 16.4 Å². The monoisotopic (exact) mass is 317 g/mol. The van der Waals surface area contributed by atoms with Gasteiger partial charge in [0.25, 0.3) is 0 Å². The van der Waals surface area contributed by atoms with Gasteiger partial charge < -0.3 is 14.6 Å². The molecule has 1 aromatic rings. The van der Waals surface area contributed by atoms with Crippen molar-refractivity contribution in [1.29, 1.82) is 0 Å². The van der Waals surface area contributed by atoms with Crippen LogP contribution in [0, 0.1) is 5.92 Å². The summed E-state index contributed by atoms with van der Waals surface area (Å²) in [6.07, 6.45) is 0. The molecule has 0 aliphatic heterocycles. The third-order valence-electron chi connectivity index (χ3n) is 2.87. The Kier molecular flexibility index (Phi) is 5.56. The first kappa shape index (κ1) is 17.3. The highest BCUT2D eigenvalue weighted by Gasteiger charge is 2.32. The van der Waals surface area contributed by atoms with E-state index < -0.39 is 28.0 Å². The van der Waals surface area contributed by atoms with Crippen molar-refractivity contribution in [2.24, 2.45) is 5.92 Å². The normalized spacial score (nSPS) is 13.0. The van der Waals surface area contributed by atoms with Crippen LogP contribution in [-0.2, 0) is 14.8 Å². The summed E-state index contributed by atoms with van der Waals surface area (Å²) in [5.41, 5.74) is 0. The van der Waals surface area contributed by atoms with Crippen molar-refractivity contribution in [3.8, 4) is 11.5 Å². The molecule has 8 heteroatoms. The average molecular weight is 317 g/mol. The first-order chi connectivity index (χ1) is 9.74. The summed E-state index contributed by atoms with van der Waals surface area (Å²) in [5.74, 6) is -1.51. The van der Waals surface area contributed by atoms with Crippen LogP contribution in [0.4, 0.5) is 0 Å². The van der Waals surface area contributed by atoms with Crippen molar-refractivity contribution in [1.82, 2.24) is 4.72 Å². The molecule has 0 unspecified atom stereocenters. The van der Waals surface area contributed by atoms with Crippen molar-refractivity contribution in [3.63, 3.8) is 0 Å². The second-order valence-electron chi connectivity index (χ2n) is 4.67. The number of aliphatic carboxylic acids is 1. The Morgan fingerprint density at radius 1 is 1.19 bits per heavy atom. The number of carboxylic acid groups (broad SMARTS) is 1. The van der Waals surface area contributed by atoms with Crippen LogP contribution in [0.5, 0.6) is 11.5 Å². The molecule has 1 rings (SSSR count). The predicted molar refractivity (Wildman–Crippen MR) is 76.1 cm³/mol. The summed E-state index contributed by atoms with van der Waals surface area (Å²) in [7, 11) is -1.47. The highest BCUT2D eigenvalue weighted by Crippen LogP contribution is 2.33. The summed E-state index contributed by atoms with van der Waals surface area (Å²) in [5, 5.41) is 9.12. The Labute approximate surface area is 123 Å². The Hall–Kier alpha value is -1.80. The van der Waals surface area contributed by atoms with Gasteiger partial charge in [-0.1, -0.05) is 19.9 Å². The van der Waals surface area contributed by atoms with E-state index in [1.165, 1.54) is 26.4 Å². The number of methoxy groups -OCH3 is 2. The Balaban J connectivity index is 3.34. The topological polar surface area (TPSA) is 102 Å². The summed E-state index contributed by atoms with van der Waals surface area (Å²) in [6, 6.07) is 3.25. The van der Waals surface area contributed by atoms with E-state index >= 15 is 0 Å². The lowest BCUT2D eigenvalue weighted by atomic mass is 10.1. The molecule has 1 atom stereocenters. The lowest BCUT2D eigenvalue weighted by Crippen LogP contribution is -2.44. The number of carbonyl (C=O) groups is 1. The van der Waals surface area contributed by atoms with Crippen LogP contribution in [0.3, 0.4) is 0 Å². The molecular weight excluding hydrogens is 298 g/mol. The van der Waals surface area contributed by atoms with Crippen LogP contribution in [0.25, 0.3) is 0 Å². The lowest BCUT2D eigenvalue weighted by Gasteiger charge is -2.20. The maximum atomic E-state index is 12.5. The van der Waals surface area contributed by atoms with Crippen molar-refractivity contribution >= 4 is 16.0 Å². The summed E-state index contributed by atoms with van der Waals surface area (Å²) >= 11 is 0. The summed E-state index contributed by atoms with van der Waals surface area (Å²) < 4.78 is 37.2. The molecule has 0 aromatic heterocycles. The smallest absolute Gasteiger partial charge is 0.322 e. The Morgan fingerprint density at radius 2 is 1.67 bits per heavy atom. The molecule has 2 N–H and O–H groups in total. The number of ether oxygens (including phenoxy) is 2. The van der Waals surface area contributed by atoms with E-state index in [1.54, 1.807) is 19.9 Å². The van der Waals surface area contributed by atoms with Gasteiger partial charge in [0, 0.05) is 0 Å². The van der Waals surface area contributed by atoms with E-state index in [0.717, 1.165) is 0 Å². The van der Waals surface area contributed by atoms with E-state index in [2.05, 4.69) is 4.72 Å². The van der Waals surface area contributed by atoms with Gasteiger partial charge in [-0.25, -0.2) is 8.42 Å². The minimum Gasteiger partial charge on any atom is -0.495 e. The minimum absolute atomic E-state index is 0.0785. The van der Waals surface area contributed by atoms with Gasteiger partial charge in [0.05, 0.1) is 14.2 Å². The second-order valence-corrected chi connectivity index (χ2v) is 6.32. The van der Waals surface area contributed by atoms with Gasteiger partial charge >= 0.3 is 5.97 Å². The Morgan fingerprint density at radius 3 is 2.00 bits per heavy atom. The van der Waals surface area contributed by atoms with E-state index in [4.69, 9.17) is 14.6 Å². The molecule has 0 saturated carbocycles. The van der Waals surface area contributed by atoms with Crippen LogP contribution in [0.1, 0.15) is 13.8 Å². The number of carboxylic acids is 1. The number of sulfonamides is 1. The molecule has 0 fully saturated rings. The standard InChI is InChI=1S/C13H19NO6S/c1-8(2)11(13(15)16)14-21(17,18)12-9(19-3)6-5-7-10(12)20-4/h5-8,11,14H,1-4H3,(H,15,16)/t11-/m0/s1. The highest BCUT2D eigenvalue weighted by molar-refractivity contribution is 7.89. The fourth-order valence-corrected chi connectivity index (χ4v) is 3.44. The van der Waals surface area contributed by atoms with Crippen molar-refractivity contribution in [2.45, 2.75) is 24.8 Å². The zero-order valence-electron chi connectivity index (χ0n) is 12.3. The predicted octanol–water partition coefficient (Wildman–Crippen LogP) is 1.09. The molecule has 0 amide bonds.